The third kappa shape index (κ3) is 1.90. The van der Waals surface area contributed by atoms with Gasteiger partial charge in [0.15, 0.2) is 0 Å². The van der Waals surface area contributed by atoms with Crippen LogP contribution >= 0.6 is 0 Å². The molecule has 2 rings (SSSR count). The van der Waals surface area contributed by atoms with Gasteiger partial charge in [-0.05, 0) is 18.3 Å². The third-order valence-electron chi connectivity index (χ3n) is 2.86. The predicted octanol–water partition coefficient (Wildman–Crippen LogP) is 1.23. The van der Waals surface area contributed by atoms with Crippen LogP contribution < -0.4 is 10.6 Å². The molecule has 0 amide bonds. The van der Waals surface area contributed by atoms with E-state index in [0.717, 1.165) is 24.1 Å². The van der Waals surface area contributed by atoms with E-state index in [4.69, 9.17) is 10.2 Å². The normalized spacial score (nSPS) is 25.1. The average molecular weight is 195 g/mol. The lowest BCUT2D eigenvalue weighted by Crippen LogP contribution is -2.20. The molecule has 1 heterocycles. The molecular formula is C10H17N3O. The first kappa shape index (κ1) is 9.52. The number of nitrogens with zero attached hydrogens (tertiary/aromatic N) is 2. The van der Waals surface area contributed by atoms with Crippen molar-refractivity contribution in [1.82, 2.24) is 4.98 Å². The Labute approximate surface area is 84.1 Å². The summed E-state index contributed by atoms with van der Waals surface area (Å²) in [6.07, 6.45) is 2.96. The van der Waals surface area contributed by atoms with Crippen molar-refractivity contribution in [3.8, 4) is 0 Å². The maximum absolute atomic E-state index is 5.46. The van der Waals surface area contributed by atoms with Gasteiger partial charge in [0.05, 0.1) is 5.69 Å². The molecule has 0 bridgehead atoms. The van der Waals surface area contributed by atoms with Crippen molar-refractivity contribution in [3.63, 3.8) is 0 Å². The lowest BCUT2D eigenvalue weighted by Gasteiger charge is -2.13. The Balaban J connectivity index is 1.93. The van der Waals surface area contributed by atoms with Crippen molar-refractivity contribution in [1.29, 1.82) is 0 Å². The Bertz CT molecular complexity index is 310. The van der Waals surface area contributed by atoms with E-state index in [2.05, 4.69) is 16.8 Å². The highest BCUT2D eigenvalue weighted by molar-refractivity contribution is 5.26. The molecule has 0 aromatic carbocycles. The van der Waals surface area contributed by atoms with E-state index in [0.29, 0.717) is 12.6 Å². The first-order chi connectivity index (χ1) is 6.70. The van der Waals surface area contributed by atoms with Crippen LogP contribution in [0.2, 0.25) is 0 Å². The molecule has 1 aromatic rings. The number of rotatable bonds is 4. The first-order valence-corrected chi connectivity index (χ1v) is 5.06. The van der Waals surface area contributed by atoms with Crippen molar-refractivity contribution >= 4 is 6.01 Å². The SMILES string of the molecule is CC1CC1CN(C)c1nc(CN)co1. The van der Waals surface area contributed by atoms with Crippen LogP contribution in [0.1, 0.15) is 19.0 Å². The Morgan fingerprint density at radius 2 is 2.43 bits per heavy atom. The molecular weight excluding hydrogens is 178 g/mol. The fraction of sp³-hybridized carbons (Fsp3) is 0.700. The summed E-state index contributed by atoms with van der Waals surface area (Å²) in [7, 11) is 2.01. The van der Waals surface area contributed by atoms with Crippen LogP contribution in [-0.4, -0.2) is 18.6 Å². The summed E-state index contributed by atoms with van der Waals surface area (Å²) in [5.41, 5.74) is 6.27. The molecule has 0 radical (unpaired) electrons. The molecule has 0 saturated heterocycles. The molecule has 4 heteroatoms. The number of anilines is 1. The van der Waals surface area contributed by atoms with Crippen molar-refractivity contribution in [2.75, 3.05) is 18.5 Å². The molecule has 78 valence electrons. The average Bonchev–Trinajstić information content (AvgIpc) is 2.72. The molecule has 1 aliphatic carbocycles. The van der Waals surface area contributed by atoms with Gasteiger partial charge < -0.3 is 15.1 Å². The number of nitrogens with two attached hydrogens (primary N) is 1. The highest BCUT2D eigenvalue weighted by Crippen LogP contribution is 2.38. The van der Waals surface area contributed by atoms with Gasteiger partial charge in [-0.1, -0.05) is 6.92 Å². The van der Waals surface area contributed by atoms with Crippen LogP contribution in [0.5, 0.6) is 0 Å². The maximum Gasteiger partial charge on any atom is 0.297 e. The molecule has 1 aromatic heterocycles. The lowest BCUT2D eigenvalue weighted by molar-refractivity contribution is 0.536. The number of hydrogen-bond donors (Lipinski definition) is 1. The van der Waals surface area contributed by atoms with Gasteiger partial charge in [-0.15, -0.1) is 0 Å². The summed E-state index contributed by atoms with van der Waals surface area (Å²) in [5.74, 6) is 1.68. The quantitative estimate of drug-likeness (QED) is 0.785. The van der Waals surface area contributed by atoms with Crippen molar-refractivity contribution in [2.24, 2.45) is 17.6 Å². The largest absolute Gasteiger partial charge is 0.432 e. The fourth-order valence-corrected chi connectivity index (χ4v) is 1.65. The maximum atomic E-state index is 5.46. The molecule has 2 atom stereocenters. The number of aromatic nitrogens is 1. The summed E-state index contributed by atoms with van der Waals surface area (Å²) >= 11 is 0. The summed E-state index contributed by atoms with van der Waals surface area (Å²) in [6, 6.07) is 0.685. The Hall–Kier alpha value is -1.03. The minimum atomic E-state index is 0.442. The Morgan fingerprint density at radius 3 is 2.93 bits per heavy atom. The molecule has 1 fully saturated rings. The Morgan fingerprint density at radius 1 is 1.71 bits per heavy atom. The molecule has 0 spiro atoms. The standard InChI is InChI=1S/C10H17N3O/c1-7-3-8(7)5-13(2)10-12-9(4-11)6-14-10/h6-8H,3-5,11H2,1-2H3. The van der Waals surface area contributed by atoms with Crippen LogP contribution in [0.3, 0.4) is 0 Å². The van der Waals surface area contributed by atoms with Gasteiger partial charge in [-0.25, -0.2) is 0 Å². The van der Waals surface area contributed by atoms with E-state index < -0.39 is 0 Å². The van der Waals surface area contributed by atoms with E-state index in [1.165, 1.54) is 6.42 Å². The molecule has 14 heavy (non-hydrogen) atoms. The zero-order valence-corrected chi connectivity index (χ0v) is 8.73. The molecule has 2 N–H and O–H groups in total. The van der Waals surface area contributed by atoms with E-state index in [1.54, 1.807) is 6.26 Å². The number of oxazole rings is 1. The van der Waals surface area contributed by atoms with Crippen LogP contribution in [0.25, 0.3) is 0 Å². The second kappa shape index (κ2) is 3.61. The van der Waals surface area contributed by atoms with Gasteiger partial charge in [0.1, 0.15) is 6.26 Å². The highest BCUT2D eigenvalue weighted by Gasteiger charge is 2.33. The summed E-state index contributed by atoms with van der Waals surface area (Å²) in [4.78, 5) is 6.33. The van der Waals surface area contributed by atoms with Crippen LogP contribution in [-0.2, 0) is 6.54 Å². The number of hydrogen-bond acceptors (Lipinski definition) is 4. The van der Waals surface area contributed by atoms with Crippen molar-refractivity contribution < 1.29 is 4.42 Å². The zero-order valence-electron chi connectivity index (χ0n) is 8.73. The molecule has 4 nitrogen and oxygen atoms in total. The summed E-state index contributed by atoms with van der Waals surface area (Å²) < 4.78 is 5.32. The van der Waals surface area contributed by atoms with Crippen LogP contribution in [0.15, 0.2) is 10.7 Å². The van der Waals surface area contributed by atoms with Gasteiger partial charge in [-0.2, -0.15) is 4.98 Å². The zero-order chi connectivity index (χ0) is 10.1. The lowest BCUT2D eigenvalue weighted by atomic mass is 10.3. The van der Waals surface area contributed by atoms with Gasteiger partial charge >= 0.3 is 0 Å². The van der Waals surface area contributed by atoms with E-state index in [-0.39, 0.29) is 0 Å². The van der Waals surface area contributed by atoms with Gasteiger partial charge in [-0.3, -0.25) is 0 Å². The minimum Gasteiger partial charge on any atom is -0.432 e. The second-order valence-corrected chi connectivity index (χ2v) is 4.18. The highest BCUT2D eigenvalue weighted by atomic mass is 16.4. The van der Waals surface area contributed by atoms with Crippen molar-refractivity contribution in [2.45, 2.75) is 19.9 Å². The predicted molar refractivity (Wildman–Crippen MR) is 54.9 cm³/mol. The topological polar surface area (TPSA) is 55.3 Å². The molecule has 1 aliphatic rings. The van der Waals surface area contributed by atoms with Gasteiger partial charge in [0.25, 0.3) is 6.01 Å². The van der Waals surface area contributed by atoms with Gasteiger partial charge in [0, 0.05) is 20.1 Å². The molecule has 1 saturated carbocycles. The van der Waals surface area contributed by atoms with Crippen molar-refractivity contribution in [3.05, 3.63) is 12.0 Å². The van der Waals surface area contributed by atoms with E-state index in [9.17, 15) is 0 Å². The van der Waals surface area contributed by atoms with Gasteiger partial charge in [0.2, 0.25) is 0 Å². The fourth-order valence-electron chi connectivity index (χ4n) is 1.65. The summed E-state index contributed by atoms with van der Waals surface area (Å²) in [5, 5.41) is 0. The van der Waals surface area contributed by atoms with E-state index >= 15 is 0 Å². The minimum absolute atomic E-state index is 0.442. The molecule has 2 unspecified atom stereocenters. The molecule has 0 aliphatic heterocycles. The first-order valence-electron chi connectivity index (χ1n) is 5.06. The third-order valence-corrected chi connectivity index (χ3v) is 2.86. The smallest absolute Gasteiger partial charge is 0.297 e. The van der Waals surface area contributed by atoms with Crippen LogP contribution in [0.4, 0.5) is 6.01 Å². The van der Waals surface area contributed by atoms with Crippen LogP contribution in [0, 0.1) is 11.8 Å². The summed E-state index contributed by atoms with van der Waals surface area (Å²) in [6.45, 7) is 3.75. The Kier molecular flexibility index (Phi) is 2.46. The monoisotopic (exact) mass is 195 g/mol. The second-order valence-electron chi connectivity index (χ2n) is 4.18. The van der Waals surface area contributed by atoms with E-state index in [1.807, 2.05) is 7.05 Å².